The molecule has 1 aromatic carbocycles. The van der Waals surface area contributed by atoms with E-state index in [2.05, 4.69) is 5.32 Å². The number of aliphatic carboxylic acids is 1. The molecule has 1 fully saturated rings. The largest absolute Gasteiger partial charge is 0.493 e. The number of hydrogen-bond acceptors (Lipinski definition) is 5. The van der Waals surface area contributed by atoms with Gasteiger partial charge in [-0.15, -0.1) is 0 Å². The van der Waals surface area contributed by atoms with Gasteiger partial charge >= 0.3 is 5.97 Å². The van der Waals surface area contributed by atoms with E-state index in [-0.39, 0.29) is 19.6 Å². The van der Waals surface area contributed by atoms with Crippen LogP contribution in [0, 0.1) is 0 Å². The summed E-state index contributed by atoms with van der Waals surface area (Å²) in [5, 5.41) is 11.8. The van der Waals surface area contributed by atoms with Gasteiger partial charge in [-0.3, -0.25) is 4.79 Å². The molecule has 1 aromatic rings. The predicted molar refractivity (Wildman–Crippen MR) is 87.1 cm³/mol. The monoisotopic (exact) mass is 335 g/mol. The number of carboxylic acids is 1. The van der Waals surface area contributed by atoms with Gasteiger partial charge in [0.15, 0.2) is 23.6 Å². The van der Waals surface area contributed by atoms with Crippen LogP contribution in [0.1, 0.15) is 18.9 Å². The van der Waals surface area contributed by atoms with Gasteiger partial charge in [-0.05, 0) is 24.6 Å². The number of ether oxygens (including phenoxy) is 3. The van der Waals surface area contributed by atoms with Crippen molar-refractivity contribution in [3.05, 3.63) is 29.8 Å². The SMILES string of the molecule is C/C=C/c1ccc(OCC(=O)NC2(C(=O)O)CCOC2)c(OC)c1. The summed E-state index contributed by atoms with van der Waals surface area (Å²) in [6.07, 6.45) is 4.04. The quantitative estimate of drug-likeness (QED) is 0.784. The molecule has 130 valence electrons. The topological polar surface area (TPSA) is 94.1 Å². The lowest BCUT2D eigenvalue weighted by molar-refractivity contribution is -0.148. The van der Waals surface area contributed by atoms with Gasteiger partial charge in [0.1, 0.15) is 0 Å². The van der Waals surface area contributed by atoms with Gasteiger partial charge in [0, 0.05) is 13.0 Å². The Balaban J connectivity index is 2.00. The lowest BCUT2D eigenvalue weighted by Crippen LogP contribution is -2.56. The maximum Gasteiger partial charge on any atom is 0.331 e. The molecular formula is C17H21NO6. The average Bonchev–Trinajstić information content (AvgIpc) is 3.03. The number of nitrogens with one attached hydrogen (secondary N) is 1. The molecule has 0 aromatic heterocycles. The van der Waals surface area contributed by atoms with E-state index in [0.29, 0.717) is 18.1 Å². The molecule has 7 heteroatoms. The summed E-state index contributed by atoms with van der Waals surface area (Å²) in [7, 11) is 1.51. The molecule has 1 atom stereocenters. The smallest absolute Gasteiger partial charge is 0.331 e. The second-order valence-electron chi connectivity index (χ2n) is 5.44. The fourth-order valence-corrected chi connectivity index (χ4v) is 2.43. The zero-order chi connectivity index (χ0) is 17.6. The third-order valence-corrected chi connectivity index (χ3v) is 3.72. The molecule has 1 heterocycles. The number of rotatable bonds is 7. The Kier molecular flexibility index (Phi) is 5.81. The lowest BCUT2D eigenvalue weighted by Gasteiger charge is -2.23. The molecule has 2 N–H and O–H groups in total. The fraction of sp³-hybridized carbons (Fsp3) is 0.412. The number of carbonyl (C=O) groups is 2. The summed E-state index contributed by atoms with van der Waals surface area (Å²) in [6, 6.07) is 5.32. The first-order valence-corrected chi connectivity index (χ1v) is 7.56. The van der Waals surface area contributed by atoms with Crippen LogP contribution in [0.4, 0.5) is 0 Å². The van der Waals surface area contributed by atoms with Crippen molar-refractivity contribution in [1.82, 2.24) is 5.32 Å². The highest BCUT2D eigenvalue weighted by Gasteiger charge is 2.43. The molecule has 1 unspecified atom stereocenters. The first kappa shape index (κ1) is 17.8. The third-order valence-electron chi connectivity index (χ3n) is 3.72. The Morgan fingerprint density at radius 2 is 2.21 bits per heavy atom. The number of hydrogen-bond donors (Lipinski definition) is 2. The molecule has 0 saturated carbocycles. The van der Waals surface area contributed by atoms with E-state index in [0.717, 1.165) is 5.56 Å². The van der Waals surface area contributed by atoms with E-state index < -0.39 is 17.4 Å². The van der Waals surface area contributed by atoms with Crippen molar-refractivity contribution < 1.29 is 28.9 Å². The summed E-state index contributed by atoms with van der Waals surface area (Å²) < 4.78 is 15.8. The van der Waals surface area contributed by atoms with Crippen molar-refractivity contribution in [3.63, 3.8) is 0 Å². The Morgan fingerprint density at radius 3 is 2.79 bits per heavy atom. The number of benzene rings is 1. The molecule has 0 radical (unpaired) electrons. The molecule has 2 rings (SSSR count). The van der Waals surface area contributed by atoms with Crippen molar-refractivity contribution in [2.45, 2.75) is 18.9 Å². The highest BCUT2D eigenvalue weighted by molar-refractivity contribution is 5.88. The maximum absolute atomic E-state index is 12.0. The van der Waals surface area contributed by atoms with E-state index in [4.69, 9.17) is 14.2 Å². The lowest BCUT2D eigenvalue weighted by atomic mass is 9.99. The maximum atomic E-state index is 12.0. The highest BCUT2D eigenvalue weighted by Crippen LogP contribution is 2.28. The summed E-state index contributed by atoms with van der Waals surface area (Å²) >= 11 is 0. The van der Waals surface area contributed by atoms with Crippen LogP contribution < -0.4 is 14.8 Å². The Labute approximate surface area is 140 Å². The number of carbonyl (C=O) groups excluding carboxylic acids is 1. The van der Waals surface area contributed by atoms with E-state index in [1.807, 2.05) is 25.1 Å². The van der Waals surface area contributed by atoms with Crippen LogP contribution in [0.25, 0.3) is 6.08 Å². The second kappa shape index (κ2) is 7.83. The van der Waals surface area contributed by atoms with E-state index in [1.165, 1.54) is 7.11 Å². The minimum atomic E-state index is -1.37. The van der Waals surface area contributed by atoms with Crippen LogP contribution in [0.3, 0.4) is 0 Å². The predicted octanol–water partition coefficient (Wildman–Crippen LogP) is 1.47. The van der Waals surface area contributed by atoms with Crippen molar-refractivity contribution >= 4 is 18.0 Å². The van der Waals surface area contributed by atoms with E-state index in [1.54, 1.807) is 12.1 Å². The van der Waals surface area contributed by atoms with Gasteiger partial charge < -0.3 is 24.6 Å². The van der Waals surface area contributed by atoms with Gasteiger partial charge in [0.05, 0.1) is 13.7 Å². The summed E-state index contributed by atoms with van der Waals surface area (Å²) in [5.74, 6) is -0.729. The molecule has 24 heavy (non-hydrogen) atoms. The zero-order valence-corrected chi connectivity index (χ0v) is 13.7. The molecule has 1 amide bonds. The number of carboxylic acid groups (broad SMARTS) is 1. The summed E-state index contributed by atoms with van der Waals surface area (Å²) in [5.41, 5.74) is -0.431. The number of methoxy groups -OCH3 is 1. The van der Waals surface area contributed by atoms with Crippen molar-refractivity contribution in [1.29, 1.82) is 0 Å². The fourth-order valence-electron chi connectivity index (χ4n) is 2.43. The van der Waals surface area contributed by atoms with Crippen LogP contribution >= 0.6 is 0 Å². The molecule has 0 bridgehead atoms. The van der Waals surface area contributed by atoms with Crippen molar-refractivity contribution in [2.75, 3.05) is 26.9 Å². The van der Waals surface area contributed by atoms with Gasteiger partial charge in [-0.1, -0.05) is 18.2 Å². The molecule has 1 aliphatic heterocycles. The van der Waals surface area contributed by atoms with Crippen LogP contribution in [0.15, 0.2) is 24.3 Å². The van der Waals surface area contributed by atoms with Crippen molar-refractivity contribution in [2.24, 2.45) is 0 Å². The Bertz CT molecular complexity index is 634. The van der Waals surface area contributed by atoms with Gasteiger partial charge in [-0.2, -0.15) is 0 Å². The van der Waals surface area contributed by atoms with Crippen LogP contribution in [-0.2, 0) is 14.3 Å². The number of amides is 1. The summed E-state index contributed by atoms with van der Waals surface area (Å²) in [4.78, 5) is 23.4. The van der Waals surface area contributed by atoms with E-state index >= 15 is 0 Å². The summed E-state index contributed by atoms with van der Waals surface area (Å²) in [6.45, 7) is 1.85. The van der Waals surface area contributed by atoms with Gasteiger partial charge in [0.25, 0.3) is 5.91 Å². The van der Waals surface area contributed by atoms with E-state index in [9.17, 15) is 14.7 Å². The molecule has 0 spiro atoms. The number of allylic oxidation sites excluding steroid dienone is 1. The van der Waals surface area contributed by atoms with Crippen molar-refractivity contribution in [3.8, 4) is 11.5 Å². The standard InChI is InChI=1S/C17H21NO6/c1-3-4-12-5-6-13(14(9-12)22-2)24-10-15(19)18-17(16(20)21)7-8-23-11-17/h3-6,9H,7-8,10-11H2,1-2H3,(H,18,19)(H,20,21)/b4-3+. The first-order valence-electron chi connectivity index (χ1n) is 7.56. The van der Waals surface area contributed by atoms with Gasteiger partial charge in [-0.25, -0.2) is 4.79 Å². The first-order chi connectivity index (χ1) is 11.5. The molecular weight excluding hydrogens is 314 g/mol. The minimum Gasteiger partial charge on any atom is -0.493 e. The molecule has 7 nitrogen and oxygen atoms in total. The normalized spacial score (nSPS) is 20.1. The minimum absolute atomic E-state index is 0.0462. The molecule has 1 aliphatic rings. The third kappa shape index (κ3) is 4.05. The second-order valence-corrected chi connectivity index (χ2v) is 5.44. The highest BCUT2D eigenvalue weighted by atomic mass is 16.5. The molecule has 0 aliphatic carbocycles. The zero-order valence-electron chi connectivity index (χ0n) is 13.7. The van der Waals surface area contributed by atoms with Crippen LogP contribution in [-0.4, -0.2) is 49.5 Å². The van der Waals surface area contributed by atoms with Gasteiger partial charge in [0.2, 0.25) is 0 Å². The molecule has 1 saturated heterocycles. The Hall–Kier alpha value is -2.54. The Morgan fingerprint density at radius 1 is 1.42 bits per heavy atom. The van der Waals surface area contributed by atoms with Crippen LogP contribution in [0.2, 0.25) is 0 Å². The average molecular weight is 335 g/mol. The van der Waals surface area contributed by atoms with Crippen LogP contribution in [0.5, 0.6) is 11.5 Å².